The van der Waals surface area contributed by atoms with Gasteiger partial charge in [-0.1, -0.05) is 24.3 Å². The molecule has 2 fully saturated rings. The lowest BCUT2D eigenvalue weighted by molar-refractivity contribution is 0.315. The van der Waals surface area contributed by atoms with Crippen LogP contribution in [0.2, 0.25) is 0 Å². The van der Waals surface area contributed by atoms with Crippen molar-refractivity contribution in [1.82, 2.24) is 10.2 Å². The molecule has 0 amide bonds. The summed E-state index contributed by atoms with van der Waals surface area (Å²) < 4.78 is 0. The minimum Gasteiger partial charge on any atom is -0.319 e. The molecule has 1 saturated carbocycles. The predicted molar refractivity (Wildman–Crippen MR) is 75.7 cm³/mol. The molecule has 1 N–H and O–H groups in total. The zero-order valence-corrected chi connectivity index (χ0v) is 11.4. The van der Waals surface area contributed by atoms with Crippen molar-refractivity contribution in [3.63, 3.8) is 0 Å². The molecule has 2 aliphatic rings. The van der Waals surface area contributed by atoms with E-state index in [-0.39, 0.29) is 0 Å². The van der Waals surface area contributed by atoms with Crippen molar-refractivity contribution >= 4 is 0 Å². The van der Waals surface area contributed by atoms with E-state index in [4.69, 9.17) is 0 Å². The molecular weight excluding hydrogens is 220 g/mol. The van der Waals surface area contributed by atoms with Crippen molar-refractivity contribution in [2.75, 3.05) is 26.7 Å². The maximum absolute atomic E-state index is 3.30. The number of nitrogens with zero attached hydrogens (tertiary/aromatic N) is 1. The zero-order chi connectivity index (χ0) is 12.4. The van der Waals surface area contributed by atoms with E-state index in [1.165, 1.54) is 44.5 Å². The lowest BCUT2D eigenvalue weighted by atomic mass is 10.1. The Labute approximate surface area is 110 Å². The average molecular weight is 244 g/mol. The summed E-state index contributed by atoms with van der Waals surface area (Å²) in [4.78, 5) is 2.61. The van der Waals surface area contributed by atoms with Crippen LogP contribution in [0.25, 0.3) is 0 Å². The molecule has 2 nitrogen and oxygen atoms in total. The van der Waals surface area contributed by atoms with Gasteiger partial charge in [-0.3, -0.25) is 4.90 Å². The van der Waals surface area contributed by atoms with E-state index in [1.54, 1.807) is 5.56 Å². The van der Waals surface area contributed by atoms with E-state index in [1.807, 2.05) is 0 Å². The number of nitrogens with one attached hydrogen (secondary N) is 1. The Morgan fingerprint density at radius 1 is 1.28 bits per heavy atom. The van der Waals surface area contributed by atoms with Crippen molar-refractivity contribution in [3.05, 3.63) is 35.4 Å². The lowest BCUT2D eigenvalue weighted by Crippen LogP contribution is -2.24. The summed E-state index contributed by atoms with van der Waals surface area (Å²) in [6, 6.07) is 9.26. The van der Waals surface area contributed by atoms with Crippen LogP contribution in [0.1, 0.15) is 36.3 Å². The first kappa shape index (κ1) is 12.2. The predicted octanol–water partition coefficient (Wildman–Crippen LogP) is 2.61. The minimum absolute atomic E-state index is 0.849. The van der Waals surface area contributed by atoms with Gasteiger partial charge < -0.3 is 5.32 Å². The fourth-order valence-electron chi connectivity index (χ4n) is 3.13. The van der Waals surface area contributed by atoms with Gasteiger partial charge in [0.15, 0.2) is 0 Å². The molecule has 1 unspecified atom stereocenters. The summed E-state index contributed by atoms with van der Waals surface area (Å²) in [5, 5.41) is 3.30. The van der Waals surface area contributed by atoms with Crippen molar-refractivity contribution < 1.29 is 0 Å². The van der Waals surface area contributed by atoms with Gasteiger partial charge in [-0.2, -0.15) is 0 Å². The molecule has 0 bridgehead atoms. The van der Waals surface area contributed by atoms with Gasteiger partial charge >= 0.3 is 0 Å². The Morgan fingerprint density at radius 3 is 2.94 bits per heavy atom. The molecule has 1 heterocycles. The molecule has 1 aromatic carbocycles. The molecule has 0 spiro atoms. The molecular formula is C16H24N2. The van der Waals surface area contributed by atoms with Gasteiger partial charge in [0, 0.05) is 13.1 Å². The highest BCUT2D eigenvalue weighted by Crippen LogP contribution is 2.40. The fraction of sp³-hybridized carbons (Fsp3) is 0.625. The van der Waals surface area contributed by atoms with E-state index >= 15 is 0 Å². The molecule has 3 rings (SSSR count). The number of hydrogen-bond donors (Lipinski definition) is 1. The van der Waals surface area contributed by atoms with Crippen LogP contribution in [0.15, 0.2) is 24.3 Å². The SMILES string of the molecule is CNCC1CCN(Cc2cccc(C3CC3)c2)C1. The van der Waals surface area contributed by atoms with Crippen LogP contribution >= 0.6 is 0 Å². The number of rotatable bonds is 5. The first-order valence-electron chi connectivity index (χ1n) is 7.31. The van der Waals surface area contributed by atoms with E-state index in [0.29, 0.717) is 0 Å². The summed E-state index contributed by atoms with van der Waals surface area (Å²) in [6.07, 6.45) is 4.15. The fourth-order valence-corrected chi connectivity index (χ4v) is 3.13. The van der Waals surface area contributed by atoms with Gasteiger partial charge in [0.2, 0.25) is 0 Å². The van der Waals surface area contributed by atoms with Crippen LogP contribution in [0.3, 0.4) is 0 Å². The van der Waals surface area contributed by atoms with E-state index in [9.17, 15) is 0 Å². The van der Waals surface area contributed by atoms with Crippen LogP contribution in [-0.4, -0.2) is 31.6 Å². The molecule has 98 valence electrons. The average Bonchev–Trinajstić information content (AvgIpc) is 3.14. The zero-order valence-electron chi connectivity index (χ0n) is 11.4. The van der Waals surface area contributed by atoms with Gasteiger partial charge in [-0.15, -0.1) is 0 Å². The lowest BCUT2D eigenvalue weighted by Gasteiger charge is -2.16. The van der Waals surface area contributed by atoms with Crippen LogP contribution in [0, 0.1) is 5.92 Å². The maximum Gasteiger partial charge on any atom is 0.0233 e. The Balaban J connectivity index is 1.57. The molecule has 1 aliphatic carbocycles. The Hall–Kier alpha value is -0.860. The van der Waals surface area contributed by atoms with E-state index < -0.39 is 0 Å². The third-order valence-electron chi connectivity index (χ3n) is 4.27. The normalized spacial score (nSPS) is 24.6. The van der Waals surface area contributed by atoms with Crippen LogP contribution in [-0.2, 0) is 6.54 Å². The molecule has 18 heavy (non-hydrogen) atoms. The van der Waals surface area contributed by atoms with Gasteiger partial charge in [0.1, 0.15) is 0 Å². The van der Waals surface area contributed by atoms with Crippen molar-refractivity contribution in [1.29, 1.82) is 0 Å². The second-order valence-electron chi connectivity index (χ2n) is 5.97. The first-order chi connectivity index (χ1) is 8.85. The Kier molecular flexibility index (Phi) is 3.67. The smallest absolute Gasteiger partial charge is 0.0233 e. The van der Waals surface area contributed by atoms with Gasteiger partial charge in [-0.25, -0.2) is 0 Å². The van der Waals surface area contributed by atoms with Gasteiger partial charge in [-0.05, 0) is 62.4 Å². The van der Waals surface area contributed by atoms with Crippen LogP contribution in [0.5, 0.6) is 0 Å². The number of benzene rings is 1. The highest BCUT2D eigenvalue weighted by molar-refractivity contribution is 5.29. The Bertz CT molecular complexity index is 398. The number of hydrogen-bond acceptors (Lipinski definition) is 2. The van der Waals surface area contributed by atoms with Gasteiger partial charge in [0.05, 0.1) is 0 Å². The third kappa shape index (κ3) is 2.93. The standard InChI is InChI=1S/C16H24N2/c1-17-10-14-7-8-18(12-14)11-13-3-2-4-16(9-13)15-5-6-15/h2-4,9,14-15,17H,5-8,10-12H2,1H3. The number of likely N-dealkylation sites (tertiary alicyclic amines) is 1. The monoisotopic (exact) mass is 244 g/mol. The minimum atomic E-state index is 0.849. The summed E-state index contributed by atoms with van der Waals surface area (Å²) in [7, 11) is 2.06. The summed E-state index contributed by atoms with van der Waals surface area (Å²) in [6.45, 7) is 4.83. The van der Waals surface area contributed by atoms with E-state index in [2.05, 4.69) is 41.5 Å². The molecule has 0 radical (unpaired) electrons. The van der Waals surface area contributed by atoms with Crippen molar-refractivity contribution in [2.24, 2.45) is 5.92 Å². The molecule has 1 aromatic rings. The van der Waals surface area contributed by atoms with Crippen LogP contribution < -0.4 is 5.32 Å². The van der Waals surface area contributed by atoms with Gasteiger partial charge in [0.25, 0.3) is 0 Å². The quantitative estimate of drug-likeness (QED) is 0.856. The maximum atomic E-state index is 3.30. The molecule has 1 aliphatic heterocycles. The summed E-state index contributed by atoms with van der Waals surface area (Å²) in [5.41, 5.74) is 3.07. The molecule has 0 aromatic heterocycles. The molecule has 1 saturated heterocycles. The van der Waals surface area contributed by atoms with Crippen LogP contribution in [0.4, 0.5) is 0 Å². The Morgan fingerprint density at radius 2 is 2.17 bits per heavy atom. The van der Waals surface area contributed by atoms with E-state index in [0.717, 1.165) is 18.4 Å². The second kappa shape index (κ2) is 5.41. The molecule has 2 heteroatoms. The van der Waals surface area contributed by atoms with Crippen molar-refractivity contribution in [3.8, 4) is 0 Å². The first-order valence-corrected chi connectivity index (χ1v) is 7.31. The van der Waals surface area contributed by atoms with Crippen molar-refractivity contribution in [2.45, 2.75) is 31.7 Å². The third-order valence-corrected chi connectivity index (χ3v) is 4.27. The largest absolute Gasteiger partial charge is 0.319 e. The summed E-state index contributed by atoms with van der Waals surface area (Å²) in [5.74, 6) is 1.72. The topological polar surface area (TPSA) is 15.3 Å². The highest BCUT2D eigenvalue weighted by atomic mass is 15.1. The summed E-state index contributed by atoms with van der Waals surface area (Å²) >= 11 is 0. The highest BCUT2D eigenvalue weighted by Gasteiger charge is 2.24. The molecule has 1 atom stereocenters. The second-order valence-corrected chi connectivity index (χ2v) is 5.97.